The summed E-state index contributed by atoms with van der Waals surface area (Å²) in [5.74, 6) is -0.441. The number of non-ortho nitro benzene ring substituents is 1. The number of hydrogen-bond donors (Lipinski definition) is 2. The van der Waals surface area contributed by atoms with Crippen LogP contribution in [0.25, 0.3) is 0 Å². The highest BCUT2D eigenvalue weighted by Gasteiger charge is 2.21. The predicted molar refractivity (Wildman–Crippen MR) is 88.2 cm³/mol. The van der Waals surface area contributed by atoms with Crippen molar-refractivity contribution in [3.8, 4) is 0 Å². The van der Waals surface area contributed by atoms with Crippen molar-refractivity contribution in [2.45, 2.75) is 19.3 Å². The van der Waals surface area contributed by atoms with E-state index in [2.05, 4.69) is 15.6 Å². The minimum atomic E-state index is -0.489. The van der Waals surface area contributed by atoms with Gasteiger partial charge in [0.2, 0.25) is 5.91 Å². The molecule has 0 radical (unpaired) electrons. The number of aromatic nitrogens is 1. The summed E-state index contributed by atoms with van der Waals surface area (Å²) in [6, 6.07) is 5.81. The van der Waals surface area contributed by atoms with Crippen LogP contribution in [0, 0.1) is 10.1 Å². The molecule has 1 aliphatic rings. The van der Waals surface area contributed by atoms with Crippen molar-refractivity contribution in [1.82, 2.24) is 10.3 Å². The number of carbonyl (C=O) groups excluding carboxylic acids is 2. The number of aryl methyl sites for hydroxylation is 1. The number of thiazole rings is 1. The average molecular weight is 346 g/mol. The number of fused-ring (bicyclic) bond motifs is 1. The van der Waals surface area contributed by atoms with E-state index in [1.807, 2.05) is 0 Å². The molecule has 9 heteroatoms. The van der Waals surface area contributed by atoms with Gasteiger partial charge in [-0.15, -0.1) is 0 Å². The molecule has 0 spiro atoms. The first-order chi connectivity index (χ1) is 11.5. The van der Waals surface area contributed by atoms with E-state index >= 15 is 0 Å². The van der Waals surface area contributed by atoms with Gasteiger partial charge < -0.3 is 10.6 Å². The standard InChI is InChI=1S/C15H14N4O4S/c20-12(8-9-3-5-10(6-4-9)19(22)23)18-15-17-11-2-1-7-16-14(21)13(11)24-15/h3-6H,1-2,7-8H2,(H,16,21)(H,17,18,20). The monoisotopic (exact) mass is 346 g/mol. The first-order valence-electron chi connectivity index (χ1n) is 7.34. The maximum absolute atomic E-state index is 12.1. The van der Waals surface area contributed by atoms with Crippen LogP contribution in [0.15, 0.2) is 24.3 Å². The Kier molecular flexibility index (Phi) is 4.52. The molecule has 0 fully saturated rings. The molecule has 2 aromatic rings. The molecule has 2 heterocycles. The van der Waals surface area contributed by atoms with Gasteiger partial charge in [-0.05, 0) is 18.4 Å². The summed E-state index contributed by atoms with van der Waals surface area (Å²) < 4.78 is 0. The van der Waals surface area contributed by atoms with Crippen LogP contribution in [0.5, 0.6) is 0 Å². The fourth-order valence-corrected chi connectivity index (χ4v) is 3.32. The Balaban J connectivity index is 1.66. The van der Waals surface area contributed by atoms with Gasteiger partial charge in [-0.1, -0.05) is 23.5 Å². The third-order valence-electron chi connectivity index (χ3n) is 3.54. The minimum absolute atomic E-state index is 0.0196. The lowest BCUT2D eigenvalue weighted by Crippen LogP contribution is -2.21. The van der Waals surface area contributed by atoms with Crippen LogP contribution in [0.3, 0.4) is 0 Å². The van der Waals surface area contributed by atoms with Crippen LogP contribution in [0.4, 0.5) is 10.8 Å². The lowest BCUT2D eigenvalue weighted by molar-refractivity contribution is -0.384. The maximum Gasteiger partial charge on any atom is 0.269 e. The lowest BCUT2D eigenvalue weighted by Gasteiger charge is -2.02. The minimum Gasteiger partial charge on any atom is -0.351 e. The van der Waals surface area contributed by atoms with Gasteiger partial charge in [-0.3, -0.25) is 19.7 Å². The first-order valence-corrected chi connectivity index (χ1v) is 8.15. The summed E-state index contributed by atoms with van der Waals surface area (Å²) in [5.41, 5.74) is 1.35. The second-order valence-electron chi connectivity index (χ2n) is 5.30. The molecule has 24 heavy (non-hydrogen) atoms. The number of anilines is 1. The molecule has 1 aromatic heterocycles. The van der Waals surface area contributed by atoms with Crippen molar-refractivity contribution in [2.75, 3.05) is 11.9 Å². The van der Waals surface area contributed by atoms with Crippen LogP contribution in [-0.2, 0) is 17.6 Å². The molecule has 0 atom stereocenters. The number of nitro groups is 1. The molecule has 0 bridgehead atoms. The van der Waals surface area contributed by atoms with Gasteiger partial charge in [-0.2, -0.15) is 0 Å². The molecule has 1 aliphatic heterocycles. The van der Waals surface area contributed by atoms with Crippen LogP contribution in [-0.4, -0.2) is 28.3 Å². The Labute approximate surface area is 141 Å². The van der Waals surface area contributed by atoms with Crippen LogP contribution in [0.2, 0.25) is 0 Å². The van der Waals surface area contributed by atoms with Gasteiger partial charge in [0.15, 0.2) is 5.13 Å². The maximum atomic E-state index is 12.1. The zero-order valence-corrected chi connectivity index (χ0v) is 13.4. The fourth-order valence-electron chi connectivity index (χ4n) is 2.37. The first kappa shape index (κ1) is 16.1. The fraction of sp³-hybridized carbons (Fsp3) is 0.267. The van der Waals surface area contributed by atoms with E-state index in [0.29, 0.717) is 34.2 Å². The molecule has 0 unspecified atom stereocenters. The molecule has 1 aromatic carbocycles. The summed E-state index contributed by atoms with van der Waals surface area (Å²) >= 11 is 1.16. The van der Waals surface area contributed by atoms with E-state index in [9.17, 15) is 19.7 Å². The third-order valence-corrected chi connectivity index (χ3v) is 4.55. The van der Waals surface area contributed by atoms with Crippen LogP contribution < -0.4 is 10.6 Å². The second kappa shape index (κ2) is 6.75. The van der Waals surface area contributed by atoms with Crippen LogP contribution >= 0.6 is 11.3 Å². The Morgan fingerprint density at radius 3 is 2.83 bits per heavy atom. The van der Waals surface area contributed by atoms with Crippen LogP contribution in [0.1, 0.15) is 27.3 Å². The summed E-state index contributed by atoms with van der Waals surface area (Å²) in [5, 5.41) is 16.5. The topological polar surface area (TPSA) is 114 Å². The SMILES string of the molecule is O=C(Cc1ccc([N+](=O)[O-])cc1)Nc1nc2c(s1)C(=O)NCCC2. The van der Waals surface area contributed by atoms with Gasteiger partial charge in [0, 0.05) is 18.7 Å². The summed E-state index contributed by atoms with van der Waals surface area (Å²) in [4.78, 5) is 38.9. The molecule has 8 nitrogen and oxygen atoms in total. The quantitative estimate of drug-likeness (QED) is 0.648. The van der Waals surface area contributed by atoms with Gasteiger partial charge in [0.25, 0.3) is 11.6 Å². The normalized spacial score (nSPS) is 13.6. The van der Waals surface area contributed by atoms with Crippen molar-refractivity contribution < 1.29 is 14.5 Å². The van der Waals surface area contributed by atoms with Crippen molar-refractivity contribution in [3.63, 3.8) is 0 Å². The number of carbonyl (C=O) groups is 2. The number of benzene rings is 1. The smallest absolute Gasteiger partial charge is 0.269 e. The van der Waals surface area contributed by atoms with E-state index in [-0.39, 0.29) is 23.9 Å². The molecular weight excluding hydrogens is 332 g/mol. The van der Waals surface area contributed by atoms with E-state index in [1.165, 1.54) is 12.1 Å². The van der Waals surface area contributed by atoms with Gasteiger partial charge in [-0.25, -0.2) is 4.98 Å². The van der Waals surface area contributed by atoms with Crippen molar-refractivity contribution in [1.29, 1.82) is 0 Å². The molecular formula is C15H14N4O4S. The average Bonchev–Trinajstić information content (AvgIpc) is 2.86. The number of nitro benzene ring substituents is 1. The highest BCUT2D eigenvalue weighted by atomic mass is 32.1. The number of rotatable bonds is 4. The van der Waals surface area contributed by atoms with E-state index in [0.717, 1.165) is 17.8 Å². The van der Waals surface area contributed by atoms with Crippen molar-refractivity contribution >= 4 is 34.0 Å². The Morgan fingerprint density at radius 2 is 2.12 bits per heavy atom. The highest BCUT2D eigenvalue weighted by Crippen LogP contribution is 2.25. The molecule has 2 amide bonds. The molecule has 3 rings (SSSR count). The van der Waals surface area contributed by atoms with Gasteiger partial charge in [0.05, 0.1) is 17.0 Å². The Hall–Kier alpha value is -2.81. The number of amides is 2. The largest absolute Gasteiger partial charge is 0.351 e. The zero-order chi connectivity index (χ0) is 17.1. The summed E-state index contributed by atoms with van der Waals surface area (Å²) in [7, 11) is 0. The summed E-state index contributed by atoms with van der Waals surface area (Å²) in [6.07, 6.45) is 1.59. The van der Waals surface area contributed by atoms with Crippen molar-refractivity contribution in [3.05, 3.63) is 50.5 Å². The van der Waals surface area contributed by atoms with E-state index < -0.39 is 4.92 Å². The van der Waals surface area contributed by atoms with E-state index in [4.69, 9.17) is 0 Å². The number of nitrogens with zero attached hydrogens (tertiary/aromatic N) is 2. The van der Waals surface area contributed by atoms with E-state index in [1.54, 1.807) is 12.1 Å². The van der Waals surface area contributed by atoms with Crippen molar-refractivity contribution in [2.24, 2.45) is 0 Å². The van der Waals surface area contributed by atoms with Gasteiger partial charge in [0.1, 0.15) is 4.88 Å². The molecule has 0 aliphatic carbocycles. The number of nitrogens with one attached hydrogen (secondary N) is 2. The Bertz CT molecular complexity index is 800. The number of hydrogen-bond acceptors (Lipinski definition) is 6. The summed E-state index contributed by atoms with van der Waals surface area (Å²) in [6.45, 7) is 0.629. The zero-order valence-electron chi connectivity index (χ0n) is 12.6. The highest BCUT2D eigenvalue weighted by molar-refractivity contribution is 7.17. The molecule has 0 saturated heterocycles. The lowest BCUT2D eigenvalue weighted by atomic mass is 10.1. The molecule has 2 N–H and O–H groups in total. The molecule has 124 valence electrons. The van der Waals surface area contributed by atoms with Gasteiger partial charge >= 0.3 is 0 Å². The Morgan fingerprint density at radius 1 is 1.38 bits per heavy atom. The predicted octanol–water partition coefficient (Wildman–Crippen LogP) is 1.91. The second-order valence-corrected chi connectivity index (χ2v) is 6.30. The molecule has 0 saturated carbocycles. The third kappa shape index (κ3) is 3.57.